The van der Waals surface area contributed by atoms with Crippen LogP contribution in [0.5, 0.6) is 0 Å². The smallest absolute Gasteiger partial charge is 0.387 e. The Balaban J connectivity index is 3.97. The molecule has 546 valence electrons. The Morgan fingerprint density at radius 2 is 0.624 bits per heavy atom. The van der Waals surface area contributed by atoms with Crippen molar-refractivity contribution >= 4 is 13.7 Å². The second kappa shape index (κ2) is 74.2. The van der Waals surface area contributed by atoms with Gasteiger partial charge in [-0.1, -0.05) is 389 Å². The molecule has 0 radical (unpaired) electrons. The molecule has 3 N–H and O–H groups in total. The monoisotopic (exact) mass is 1320 g/mol. The fourth-order valence-electron chi connectivity index (χ4n) is 12.3. The van der Waals surface area contributed by atoms with Crippen molar-refractivity contribution in [2.45, 2.75) is 418 Å². The van der Waals surface area contributed by atoms with Gasteiger partial charge in [0.2, 0.25) is 5.91 Å². The fraction of sp³-hybridized carbons (Fsp3) is 0.845. The number of carbonyl (C=O) groups excluding carboxylic acids is 1. The molecule has 0 aliphatic heterocycles. The molecule has 0 saturated carbocycles. The van der Waals surface area contributed by atoms with Crippen molar-refractivity contribution in [3.05, 3.63) is 72.9 Å². The number of aliphatic hydroxyl groups excluding tert-OH is 1. The lowest BCUT2D eigenvalue weighted by atomic mass is 10.0. The molecule has 1 amide bonds. The fourth-order valence-corrected chi connectivity index (χ4v) is 13.1. The predicted molar refractivity (Wildman–Crippen MR) is 410 cm³/mol. The van der Waals surface area contributed by atoms with Crippen molar-refractivity contribution in [3.8, 4) is 0 Å². The van der Waals surface area contributed by atoms with E-state index in [4.69, 9.17) is 9.05 Å². The molecule has 0 aromatic carbocycles. The number of amides is 1. The summed E-state index contributed by atoms with van der Waals surface area (Å²) < 4.78 is 23.9. The zero-order valence-electron chi connectivity index (χ0n) is 62.8. The number of aliphatic hydroxyl groups is 1. The number of allylic oxidation sites excluding steroid dienone is 11. The minimum absolute atomic E-state index is 0.0537. The molecule has 3 atom stereocenters. The van der Waals surface area contributed by atoms with Gasteiger partial charge in [0.1, 0.15) is 13.2 Å². The summed E-state index contributed by atoms with van der Waals surface area (Å²) in [5, 5.41) is 14.0. The van der Waals surface area contributed by atoms with E-state index in [2.05, 4.69) is 79.9 Å². The number of unbranched alkanes of at least 4 members (excludes halogenated alkanes) is 53. The maximum Gasteiger partial charge on any atom is 0.472 e. The average molecular weight is 1330 g/mol. The molecule has 0 aromatic heterocycles. The van der Waals surface area contributed by atoms with Gasteiger partial charge in [-0.25, -0.2) is 4.57 Å². The van der Waals surface area contributed by atoms with Crippen molar-refractivity contribution in [1.29, 1.82) is 0 Å². The molecule has 0 saturated heterocycles. The van der Waals surface area contributed by atoms with Gasteiger partial charge in [0.15, 0.2) is 0 Å². The van der Waals surface area contributed by atoms with Gasteiger partial charge >= 0.3 is 7.82 Å². The number of phosphoric acid groups is 1. The SMILES string of the molecule is CCCCCCC/C=C\C/C=C\C/C=C\CCCCCCCCCCCCCCCCCCCCCCCCCCCCC(=O)NC(COP(=O)(O)OCC[N+](C)(C)C)C(O)/C=C/CC/C=C/CC/C=C/CCCCCCCCCCCCCCCCCCCCCC. The third-order valence-corrected chi connectivity index (χ3v) is 19.6. The Kier molecular flexibility index (Phi) is 72.5. The van der Waals surface area contributed by atoms with Gasteiger partial charge in [-0.05, 0) is 83.5 Å². The van der Waals surface area contributed by atoms with E-state index in [9.17, 15) is 19.4 Å². The third-order valence-electron chi connectivity index (χ3n) is 18.6. The predicted octanol–water partition coefficient (Wildman–Crippen LogP) is 26.8. The van der Waals surface area contributed by atoms with Crippen LogP contribution in [0.2, 0.25) is 0 Å². The third kappa shape index (κ3) is 77.2. The molecule has 9 heteroatoms. The van der Waals surface area contributed by atoms with Crippen LogP contribution in [0.3, 0.4) is 0 Å². The maximum absolute atomic E-state index is 13.1. The standard InChI is InChI=1S/C84H159N2O6P/c1-6-8-10-12-14-16-18-20-22-24-26-28-30-32-34-36-38-39-40-41-42-43-44-45-46-47-48-50-52-54-56-58-60-62-64-66-68-70-72-74-76-78-84(88)85-82(81-92-93(89,90)91-80-79-86(3,4)5)83(87)77-75-73-71-69-67-65-63-61-59-57-55-53-51-49-37-35-33-31-29-27-25-23-21-19-17-15-13-11-9-7-2/h18,20,24,26,30,32,59,61,67,69,75,77,82-83,87H,6-17,19,21-23,25,27-29,31,33-58,60,62-66,68,70-74,76,78-81H2,1-5H3,(H-,85,88,89,90)/p+1/b20-18-,26-24-,32-30-,61-59+,69-67+,77-75+. The highest BCUT2D eigenvalue weighted by Gasteiger charge is 2.28. The highest BCUT2D eigenvalue weighted by molar-refractivity contribution is 7.47. The molecule has 0 rings (SSSR count). The van der Waals surface area contributed by atoms with Gasteiger partial charge in [-0.15, -0.1) is 0 Å². The summed E-state index contributed by atoms with van der Waals surface area (Å²) in [6, 6.07) is -0.873. The lowest BCUT2D eigenvalue weighted by Crippen LogP contribution is -2.45. The maximum atomic E-state index is 13.1. The zero-order chi connectivity index (χ0) is 67.6. The summed E-state index contributed by atoms with van der Waals surface area (Å²) in [5.41, 5.74) is 0. The quantitative estimate of drug-likeness (QED) is 0.0243. The van der Waals surface area contributed by atoms with E-state index in [-0.39, 0.29) is 19.1 Å². The van der Waals surface area contributed by atoms with Crippen LogP contribution in [-0.2, 0) is 18.4 Å². The van der Waals surface area contributed by atoms with Gasteiger partial charge in [-0.2, -0.15) is 0 Å². The molecule has 93 heavy (non-hydrogen) atoms. The number of nitrogens with one attached hydrogen (secondary N) is 1. The van der Waals surface area contributed by atoms with Crippen molar-refractivity contribution < 1.29 is 32.9 Å². The molecule has 0 fully saturated rings. The van der Waals surface area contributed by atoms with Crippen LogP contribution >= 0.6 is 7.82 Å². The molecular formula is C84H160N2O6P+. The van der Waals surface area contributed by atoms with Crippen LogP contribution < -0.4 is 5.32 Å². The summed E-state index contributed by atoms with van der Waals surface area (Å²) in [4.78, 5) is 23.5. The second-order valence-electron chi connectivity index (χ2n) is 29.1. The molecule has 0 bridgehead atoms. The van der Waals surface area contributed by atoms with Crippen LogP contribution in [0.1, 0.15) is 406 Å². The minimum atomic E-state index is -4.37. The number of nitrogens with zero attached hydrogens (tertiary/aromatic N) is 1. The minimum Gasteiger partial charge on any atom is -0.387 e. The van der Waals surface area contributed by atoms with Crippen molar-refractivity contribution in [2.75, 3.05) is 40.9 Å². The Morgan fingerprint density at radius 1 is 0.366 bits per heavy atom. The number of rotatable bonds is 76. The van der Waals surface area contributed by atoms with Gasteiger partial charge in [-0.3, -0.25) is 13.8 Å². The highest BCUT2D eigenvalue weighted by atomic mass is 31.2. The number of quaternary nitrogens is 1. The summed E-state index contributed by atoms with van der Waals surface area (Å²) in [6.07, 6.45) is 105. The van der Waals surface area contributed by atoms with Crippen LogP contribution in [0.15, 0.2) is 72.9 Å². The number of carbonyl (C=O) groups is 1. The molecule has 0 aliphatic rings. The Bertz CT molecular complexity index is 1750. The molecule has 8 nitrogen and oxygen atoms in total. The molecule has 0 aliphatic carbocycles. The number of phosphoric ester groups is 1. The number of hydrogen-bond acceptors (Lipinski definition) is 5. The second-order valence-corrected chi connectivity index (χ2v) is 30.6. The molecule has 0 aromatic rings. The first-order valence-corrected chi connectivity index (χ1v) is 42.3. The summed E-state index contributed by atoms with van der Waals surface area (Å²) in [5.74, 6) is -0.184. The number of likely N-dealkylation sites (N-methyl/N-ethyl adjacent to an activating group) is 1. The van der Waals surface area contributed by atoms with Crippen LogP contribution in [-0.4, -0.2) is 73.4 Å². The van der Waals surface area contributed by atoms with E-state index >= 15 is 0 Å². The Morgan fingerprint density at radius 3 is 0.935 bits per heavy atom. The first-order valence-electron chi connectivity index (χ1n) is 40.8. The van der Waals surface area contributed by atoms with Crippen LogP contribution in [0.25, 0.3) is 0 Å². The van der Waals surface area contributed by atoms with E-state index in [1.165, 1.54) is 327 Å². The summed E-state index contributed by atoms with van der Waals surface area (Å²) >= 11 is 0. The van der Waals surface area contributed by atoms with Crippen LogP contribution in [0.4, 0.5) is 0 Å². The van der Waals surface area contributed by atoms with Gasteiger partial charge in [0.25, 0.3) is 0 Å². The van der Waals surface area contributed by atoms with E-state index in [0.29, 0.717) is 17.4 Å². The van der Waals surface area contributed by atoms with Crippen molar-refractivity contribution in [1.82, 2.24) is 5.32 Å². The Labute approximate surface area is 580 Å². The van der Waals surface area contributed by atoms with Crippen LogP contribution in [0, 0.1) is 0 Å². The molecule has 3 unspecified atom stereocenters. The van der Waals surface area contributed by atoms with Gasteiger partial charge < -0.3 is 19.8 Å². The van der Waals surface area contributed by atoms with E-state index < -0.39 is 20.0 Å². The van der Waals surface area contributed by atoms with Gasteiger partial charge in [0.05, 0.1) is 39.9 Å². The molecular weight excluding hydrogens is 1160 g/mol. The van der Waals surface area contributed by atoms with E-state index in [1.54, 1.807) is 6.08 Å². The number of hydrogen-bond donors (Lipinski definition) is 3. The topological polar surface area (TPSA) is 105 Å². The van der Waals surface area contributed by atoms with Crippen molar-refractivity contribution in [3.63, 3.8) is 0 Å². The summed E-state index contributed by atoms with van der Waals surface area (Å²) in [7, 11) is 1.56. The Hall–Kier alpha value is -2.06. The van der Waals surface area contributed by atoms with E-state index in [0.717, 1.165) is 57.8 Å². The van der Waals surface area contributed by atoms with Crippen molar-refractivity contribution in [2.24, 2.45) is 0 Å². The molecule has 0 heterocycles. The van der Waals surface area contributed by atoms with Gasteiger partial charge in [0, 0.05) is 6.42 Å². The molecule has 0 spiro atoms. The highest BCUT2D eigenvalue weighted by Crippen LogP contribution is 2.43. The summed E-state index contributed by atoms with van der Waals surface area (Å²) in [6.45, 7) is 4.83. The zero-order valence-corrected chi connectivity index (χ0v) is 63.7. The largest absolute Gasteiger partial charge is 0.472 e. The first kappa shape index (κ1) is 90.9. The average Bonchev–Trinajstić information content (AvgIpc) is 2.75. The first-order chi connectivity index (χ1) is 45.5. The normalized spacial score (nSPS) is 13.8. The lowest BCUT2D eigenvalue weighted by molar-refractivity contribution is -0.870. The van der Waals surface area contributed by atoms with E-state index in [1.807, 2.05) is 27.2 Å². The lowest BCUT2D eigenvalue weighted by Gasteiger charge is -2.25.